The number of hydrogen-bond donors (Lipinski definition) is 0. The van der Waals surface area contributed by atoms with Crippen LogP contribution in [0.5, 0.6) is 0 Å². The van der Waals surface area contributed by atoms with Crippen molar-refractivity contribution in [1.29, 1.82) is 0 Å². The monoisotopic (exact) mass is 376 g/mol. The minimum atomic E-state index is -1.16. The van der Waals surface area contributed by atoms with Gasteiger partial charge in [-0.3, -0.25) is 9.00 Å². The van der Waals surface area contributed by atoms with E-state index in [2.05, 4.69) is 40.8 Å². The Kier molecular flexibility index (Phi) is 6.39. The Labute approximate surface area is 155 Å². The predicted molar refractivity (Wildman–Crippen MR) is 105 cm³/mol. The lowest BCUT2D eigenvalue weighted by atomic mass is 10.1. The Bertz CT molecular complexity index is 706. The lowest BCUT2D eigenvalue weighted by Gasteiger charge is -2.34. The maximum Gasteiger partial charge on any atom is 0.235 e. The minimum Gasteiger partial charge on any atom is -0.339 e. The van der Waals surface area contributed by atoms with Gasteiger partial charge in [-0.25, -0.2) is 0 Å². The van der Waals surface area contributed by atoms with Crippen LogP contribution in [0.3, 0.4) is 0 Å². The Morgan fingerprint density at radius 3 is 2.40 bits per heavy atom. The van der Waals surface area contributed by atoms with Crippen LogP contribution in [0.25, 0.3) is 11.1 Å². The summed E-state index contributed by atoms with van der Waals surface area (Å²) in [5.41, 5.74) is 3.39. The Balaban J connectivity index is 1.50. The second-order valence-corrected chi connectivity index (χ2v) is 8.49. The molecule has 0 radical (unpaired) electrons. The molecule has 0 bridgehead atoms. The molecule has 1 aliphatic rings. The van der Waals surface area contributed by atoms with Gasteiger partial charge in [0.25, 0.3) is 0 Å². The average molecular weight is 377 g/mol. The average Bonchev–Trinajstić information content (AvgIpc) is 3.17. The van der Waals surface area contributed by atoms with E-state index in [-0.39, 0.29) is 11.7 Å². The standard InChI is InChI=1S/C19H24N2O2S2/c1-2-20-8-10-21(11-9-20)19(22)15-25(23)14-16-3-5-17(6-4-16)18-7-12-24-13-18/h3-7,12-13H,2,8-11,14-15H2,1H3. The lowest BCUT2D eigenvalue weighted by molar-refractivity contribution is -0.130. The van der Waals surface area contributed by atoms with E-state index in [0.717, 1.165) is 38.3 Å². The molecule has 2 heterocycles. The first kappa shape index (κ1) is 18.3. The van der Waals surface area contributed by atoms with Gasteiger partial charge in [0.1, 0.15) is 5.75 Å². The van der Waals surface area contributed by atoms with E-state index < -0.39 is 10.8 Å². The third-order valence-corrected chi connectivity index (χ3v) is 6.50. The van der Waals surface area contributed by atoms with E-state index in [1.54, 1.807) is 11.3 Å². The number of piperazine rings is 1. The maximum atomic E-state index is 12.4. The van der Waals surface area contributed by atoms with Crippen molar-refractivity contribution in [3.63, 3.8) is 0 Å². The molecule has 1 atom stereocenters. The molecule has 3 rings (SSSR count). The summed E-state index contributed by atoms with van der Waals surface area (Å²) in [5.74, 6) is 0.576. The van der Waals surface area contributed by atoms with Crippen LogP contribution in [-0.4, -0.2) is 58.4 Å². The fourth-order valence-electron chi connectivity index (χ4n) is 3.00. The van der Waals surface area contributed by atoms with Gasteiger partial charge in [-0.1, -0.05) is 31.2 Å². The molecule has 2 aromatic rings. The number of benzene rings is 1. The number of likely N-dealkylation sites (N-methyl/N-ethyl adjacent to an activating group) is 1. The molecule has 1 aliphatic heterocycles. The van der Waals surface area contributed by atoms with Gasteiger partial charge < -0.3 is 9.80 Å². The molecular formula is C19H24N2O2S2. The van der Waals surface area contributed by atoms with Crippen molar-refractivity contribution < 1.29 is 9.00 Å². The van der Waals surface area contributed by atoms with Gasteiger partial charge in [-0.05, 0) is 40.1 Å². The van der Waals surface area contributed by atoms with Crippen LogP contribution in [0, 0.1) is 0 Å². The van der Waals surface area contributed by atoms with Crippen LogP contribution in [-0.2, 0) is 21.3 Å². The second kappa shape index (κ2) is 8.74. The lowest BCUT2D eigenvalue weighted by Crippen LogP contribution is -2.49. The normalized spacial score (nSPS) is 16.8. The van der Waals surface area contributed by atoms with Crippen LogP contribution in [0.1, 0.15) is 12.5 Å². The molecule has 0 N–H and O–H groups in total. The number of carbonyl (C=O) groups is 1. The van der Waals surface area contributed by atoms with Gasteiger partial charge in [0, 0.05) is 42.7 Å². The highest BCUT2D eigenvalue weighted by molar-refractivity contribution is 7.84. The van der Waals surface area contributed by atoms with Gasteiger partial charge in [-0.15, -0.1) is 0 Å². The van der Waals surface area contributed by atoms with Crippen molar-refractivity contribution in [3.8, 4) is 11.1 Å². The number of thiophene rings is 1. The van der Waals surface area contributed by atoms with Crippen LogP contribution in [0.15, 0.2) is 41.1 Å². The van der Waals surface area contributed by atoms with Gasteiger partial charge in [0.15, 0.2) is 0 Å². The van der Waals surface area contributed by atoms with E-state index >= 15 is 0 Å². The Hall–Kier alpha value is -1.50. The van der Waals surface area contributed by atoms with Crippen molar-refractivity contribution in [2.75, 3.05) is 38.5 Å². The second-order valence-electron chi connectivity index (χ2n) is 6.25. The van der Waals surface area contributed by atoms with Crippen LogP contribution >= 0.6 is 11.3 Å². The van der Waals surface area contributed by atoms with Crippen molar-refractivity contribution in [3.05, 3.63) is 46.7 Å². The van der Waals surface area contributed by atoms with Crippen molar-refractivity contribution >= 4 is 28.0 Å². The number of amides is 1. The zero-order valence-electron chi connectivity index (χ0n) is 14.5. The summed E-state index contributed by atoms with van der Waals surface area (Å²) in [6.45, 7) is 6.49. The highest BCUT2D eigenvalue weighted by Gasteiger charge is 2.21. The van der Waals surface area contributed by atoms with Crippen molar-refractivity contribution in [2.45, 2.75) is 12.7 Å². The van der Waals surface area contributed by atoms with Gasteiger partial charge >= 0.3 is 0 Å². The third kappa shape index (κ3) is 5.00. The first-order valence-electron chi connectivity index (χ1n) is 8.62. The highest BCUT2D eigenvalue weighted by Crippen LogP contribution is 2.22. The van der Waals surface area contributed by atoms with Crippen molar-refractivity contribution in [1.82, 2.24) is 9.80 Å². The smallest absolute Gasteiger partial charge is 0.235 e. The van der Waals surface area contributed by atoms with Gasteiger partial charge in [0.2, 0.25) is 5.91 Å². The summed E-state index contributed by atoms with van der Waals surface area (Å²) in [6.07, 6.45) is 0. The molecule has 1 unspecified atom stereocenters. The minimum absolute atomic E-state index is 0.0176. The molecule has 25 heavy (non-hydrogen) atoms. The summed E-state index contributed by atoms with van der Waals surface area (Å²) in [5, 5.41) is 4.17. The first-order valence-corrected chi connectivity index (χ1v) is 11.1. The number of carbonyl (C=O) groups excluding carboxylic acids is 1. The fraction of sp³-hybridized carbons (Fsp3) is 0.421. The third-order valence-electron chi connectivity index (χ3n) is 4.59. The Morgan fingerprint density at radius 2 is 1.80 bits per heavy atom. The van der Waals surface area contributed by atoms with Gasteiger partial charge in [-0.2, -0.15) is 11.3 Å². The van der Waals surface area contributed by atoms with Crippen LogP contribution < -0.4 is 0 Å². The molecule has 1 fully saturated rings. The number of rotatable bonds is 6. The largest absolute Gasteiger partial charge is 0.339 e. The molecule has 1 amide bonds. The molecule has 4 nitrogen and oxygen atoms in total. The summed E-state index contributed by atoms with van der Waals surface area (Å²) in [4.78, 5) is 16.5. The fourth-order valence-corrected chi connectivity index (χ4v) is 4.79. The number of hydrogen-bond acceptors (Lipinski definition) is 4. The highest BCUT2D eigenvalue weighted by atomic mass is 32.2. The topological polar surface area (TPSA) is 40.6 Å². The molecule has 0 aliphatic carbocycles. The van der Waals surface area contributed by atoms with E-state index in [4.69, 9.17) is 0 Å². The van der Waals surface area contributed by atoms with Crippen LogP contribution in [0.2, 0.25) is 0 Å². The zero-order valence-corrected chi connectivity index (χ0v) is 16.2. The Morgan fingerprint density at radius 1 is 1.08 bits per heavy atom. The summed E-state index contributed by atoms with van der Waals surface area (Å²) < 4.78 is 12.4. The van der Waals surface area contributed by atoms with Crippen LogP contribution in [0.4, 0.5) is 0 Å². The SMILES string of the molecule is CCN1CCN(C(=O)CS(=O)Cc2ccc(-c3ccsc3)cc2)CC1. The predicted octanol–water partition coefficient (Wildman–Crippen LogP) is 2.83. The maximum absolute atomic E-state index is 12.4. The molecule has 0 saturated carbocycles. The first-order chi connectivity index (χ1) is 12.2. The van der Waals surface area contributed by atoms with Crippen molar-refractivity contribution in [2.24, 2.45) is 0 Å². The zero-order chi connectivity index (χ0) is 17.6. The summed E-state index contributed by atoms with van der Waals surface area (Å²) in [6, 6.07) is 10.2. The summed E-state index contributed by atoms with van der Waals surface area (Å²) in [7, 11) is -1.16. The molecule has 6 heteroatoms. The van der Waals surface area contributed by atoms with E-state index in [9.17, 15) is 9.00 Å². The van der Waals surface area contributed by atoms with Gasteiger partial charge in [0.05, 0.1) is 0 Å². The molecule has 1 aromatic carbocycles. The quantitative estimate of drug-likeness (QED) is 0.778. The summed E-state index contributed by atoms with van der Waals surface area (Å²) >= 11 is 1.68. The van der Waals surface area contributed by atoms with E-state index in [1.165, 1.54) is 11.1 Å². The molecule has 0 spiro atoms. The van der Waals surface area contributed by atoms with E-state index in [0.29, 0.717) is 5.75 Å². The van der Waals surface area contributed by atoms with E-state index in [1.807, 2.05) is 17.0 Å². The number of nitrogens with zero attached hydrogens (tertiary/aromatic N) is 2. The molecular weight excluding hydrogens is 352 g/mol. The molecule has 1 saturated heterocycles. The molecule has 134 valence electrons. The molecule has 1 aromatic heterocycles.